The lowest BCUT2D eigenvalue weighted by Crippen LogP contribution is -2.32. The predicted molar refractivity (Wildman–Crippen MR) is 84.6 cm³/mol. The standard InChI is InChI=1S/C15H23NO4S/c1-3-11-21(19,20)12-10-16(9-8-15(17)18)14-7-5-4-6-13(14)2/h4-7H,3,8-12H2,1-2H3,(H,17,18). The summed E-state index contributed by atoms with van der Waals surface area (Å²) in [6, 6.07) is 7.60. The summed E-state index contributed by atoms with van der Waals surface area (Å²) in [5.74, 6) is -0.660. The van der Waals surface area contributed by atoms with Crippen LogP contribution >= 0.6 is 0 Å². The molecule has 118 valence electrons. The van der Waals surface area contributed by atoms with Gasteiger partial charge in [-0.25, -0.2) is 8.42 Å². The van der Waals surface area contributed by atoms with Crippen molar-refractivity contribution in [1.29, 1.82) is 0 Å². The average Bonchev–Trinajstić information content (AvgIpc) is 2.39. The molecule has 0 amide bonds. The van der Waals surface area contributed by atoms with E-state index in [2.05, 4.69) is 0 Å². The zero-order valence-corrected chi connectivity index (χ0v) is 13.4. The van der Waals surface area contributed by atoms with Gasteiger partial charge < -0.3 is 10.0 Å². The van der Waals surface area contributed by atoms with Gasteiger partial charge in [0, 0.05) is 24.5 Å². The first-order chi connectivity index (χ1) is 9.85. The second-order valence-corrected chi connectivity index (χ2v) is 7.37. The van der Waals surface area contributed by atoms with Gasteiger partial charge >= 0.3 is 5.97 Å². The van der Waals surface area contributed by atoms with E-state index in [0.717, 1.165) is 11.3 Å². The number of carboxylic acids is 1. The predicted octanol–water partition coefficient (Wildman–Crippen LogP) is 2.10. The Labute approximate surface area is 126 Å². The fourth-order valence-corrected chi connectivity index (χ4v) is 3.49. The highest BCUT2D eigenvalue weighted by Crippen LogP contribution is 2.19. The van der Waals surface area contributed by atoms with Gasteiger partial charge in [-0.2, -0.15) is 0 Å². The van der Waals surface area contributed by atoms with E-state index in [4.69, 9.17) is 5.11 Å². The Bertz CT molecular complexity index is 569. The molecule has 5 nitrogen and oxygen atoms in total. The normalized spacial score (nSPS) is 11.3. The molecule has 0 saturated heterocycles. The molecule has 0 radical (unpaired) electrons. The Morgan fingerprint density at radius 1 is 1.19 bits per heavy atom. The second-order valence-electron chi connectivity index (χ2n) is 5.07. The van der Waals surface area contributed by atoms with Crippen LogP contribution in [0.15, 0.2) is 24.3 Å². The third-order valence-electron chi connectivity index (χ3n) is 3.24. The lowest BCUT2D eigenvalue weighted by molar-refractivity contribution is -0.136. The van der Waals surface area contributed by atoms with Gasteiger partial charge in [-0.3, -0.25) is 4.79 Å². The molecule has 0 heterocycles. The molecule has 0 unspecified atom stereocenters. The van der Waals surface area contributed by atoms with E-state index in [-0.39, 0.29) is 17.9 Å². The van der Waals surface area contributed by atoms with E-state index in [1.54, 1.807) is 0 Å². The monoisotopic (exact) mass is 313 g/mol. The van der Waals surface area contributed by atoms with Crippen molar-refractivity contribution < 1.29 is 18.3 Å². The van der Waals surface area contributed by atoms with E-state index in [9.17, 15) is 13.2 Å². The van der Waals surface area contributed by atoms with Crippen molar-refractivity contribution >= 4 is 21.5 Å². The molecule has 6 heteroatoms. The summed E-state index contributed by atoms with van der Waals surface area (Å²) in [4.78, 5) is 12.6. The molecule has 0 aliphatic carbocycles. The Kier molecular flexibility index (Phi) is 6.68. The molecule has 1 rings (SSSR count). The number of rotatable bonds is 9. The second kappa shape index (κ2) is 8.02. The third kappa shape index (κ3) is 6.16. The van der Waals surface area contributed by atoms with Gasteiger partial charge in [-0.05, 0) is 25.0 Å². The first-order valence-electron chi connectivity index (χ1n) is 7.08. The molecule has 0 aromatic heterocycles. The number of nitrogens with zero attached hydrogens (tertiary/aromatic N) is 1. The Morgan fingerprint density at radius 3 is 2.43 bits per heavy atom. The fourth-order valence-electron chi connectivity index (χ4n) is 2.16. The van der Waals surface area contributed by atoms with Crippen molar-refractivity contribution in [1.82, 2.24) is 0 Å². The first kappa shape index (κ1) is 17.5. The van der Waals surface area contributed by atoms with E-state index < -0.39 is 15.8 Å². The summed E-state index contributed by atoms with van der Waals surface area (Å²) >= 11 is 0. The zero-order valence-electron chi connectivity index (χ0n) is 12.6. The van der Waals surface area contributed by atoms with E-state index >= 15 is 0 Å². The molecule has 1 aromatic rings. The Hall–Kier alpha value is -1.56. The fraction of sp³-hybridized carbons (Fsp3) is 0.533. The lowest BCUT2D eigenvalue weighted by atomic mass is 10.1. The summed E-state index contributed by atoms with van der Waals surface area (Å²) in [7, 11) is -3.08. The smallest absolute Gasteiger partial charge is 0.305 e. The number of hydrogen-bond acceptors (Lipinski definition) is 4. The van der Waals surface area contributed by atoms with Crippen LogP contribution in [0.2, 0.25) is 0 Å². The van der Waals surface area contributed by atoms with Gasteiger partial charge in [0.1, 0.15) is 0 Å². The molecule has 21 heavy (non-hydrogen) atoms. The minimum atomic E-state index is -3.08. The summed E-state index contributed by atoms with van der Waals surface area (Å²) in [5.41, 5.74) is 1.90. The number of sulfone groups is 1. The van der Waals surface area contributed by atoms with Gasteiger partial charge in [0.15, 0.2) is 9.84 Å². The number of aliphatic carboxylic acids is 1. The maximum absolute atomic E-state index is 11.8. The van der Waals surface area contributed by atoms with Crippen LogP contribution < -0.4 is 4.90 Å². The Morgan fingerprint density at radius 2 is 1.86 bits per heavy atom. The number of hydrogen-bond donors (Lipinski definition) is 1. The molecule has 0 aliphatic rings. The number of anilines is 1. The molecular weight excluding hydrogens is 290 g/mol. The van der Waals surface area contributed by atoms with Crippen LogP contribution in [-0.2, 0) is 14.6 Å². The molecule has 0 aliphatic heterocycles. The van der Waals surface area contributed by atoms with Crippen molar-refractivity contribution in [2.45, 2.75) is 26.7 Å². The molecule has 0 bridgehead atoms. The molecule has 0 fully saturated rings. The minimum Gasteiger partial charge on any atom is -0.481 e. The molecule has 0 saturated carbocycles. The molecule has 0 atom stereocenters. The minimum absolute atomic E-state index is 0.0117. The first-order valence-corrected chi connectivity index (χ1v) is 8.90. The van der Waals surface area contributed by atoms with Crippen molar-refractivity contribution in [3.63, 3.8) is 0 Å². The van der Waals surface area contributed by atoms with Crippen molar-refractivity contribution in [2.75, 3.05) is 29.5 Å². The van der Waals surface area contributed by atoms with Crippen LogP contribution in [0.3, 0.4) is 0 Å². The average molecular weight is 313 g/mol. The number of carbonyl (C=O) groups is 1. The Balaban J connectivity index is 2.83. The summed E-state index contributed by atoms with van der Waals surface area (Å²) in [6.07, 6.45) is 0.587. The topological polar surface area (TPSA) is 74.7 Å². The molecular formula is C15H23NO4S. The number of para-hydroxylation sites is 1. The van der Waals surface area contributed by atoms with Crippen LogP contribution in [0.4, 0.5) is 5.69 Å². The summed E-state index contributed by atoms with van der Waals surface area (Å²) in [5, 5.41) is 8.85. The number of benzene rings is 1. The molecule has 0 spiro atoms. The summed E-state index contributed by atoms with van der Waals surface area (Å²) < 4.78 is 23.7. The summed E-state index contributed by atoms with van der Waals surface area (Å²) in [6.45, 7) is 4.40. The van der Waals surface area contributed by atoms with Crippen molar-refractivity contribution in [3.8, 4) is 0 Å². The SMILES string of the molecule is CCCS(=O)(=O)CCN(CCC(=O)O)c1ccccc1C. The molecule has 1 aromatic carbocycles. The van der Waals surface area contributed by atoms with Crippen LogP contribution in [0, 0.1) is 6.92 Å². The number of aryl methyl sites for hydroxylation is 1. The van der Waals surface area contributed by atoms with Gasteiger partial charge in [0.2, 0.25) is 0 Å². The highest BCUT2D eigenvalue weighted by molar-refractivity contribution is 7.91. The van der Waals surface area contributed by atoms with Crippen LogP contribution in [0.5, 0.6) is 0 Å². The van der Waals surface area contributed by atoms with Gasteiger partial charge in [-0.15, -0.1) is 0 Å². The van der Waals surface area contributed by atoms with Crippen LogP contribution in [0.1, 0.15) is 25.3 Å². The maximum Gasteiger partial charge on any atom is 0.305 e. The maximum atomic E-state index is 11.8. The van der Waals surface area contributed by atoms with Gasteiger partial charge in [0.25, 0.3) is 0 Å². The third-order valence-corrected chi connectivity index (χ3v) is 5.07. The van der Waals surface area contributed by atoms with Gasteiger partial charge in [0.05, 0.1) is 12.2 Å². The quantitative estimate of drug-likeness (QED) is 0.755. The van der Waals surface area contributed by atoms with Gasteiger partial charge in [-0.1, -0.05) is 25.1 Å². The van der Waals surface area contributed by atoms with Crippen LogP contribution in [0.25, 0.3) is 0 Å². The highest BCUT2D eigenvalue weighted by Gasteiger charge is 2.15. The highest BCUT2D eigenvalue weighted by atomic mass is 32.2. The van der Waals surface area contributed by atoms with E-state index in [1.807, 2.05) is 43.0 Å². The van der Waals surface area contributed by atoms with E-state index in [0.29, 0.717) is 19.5 Å². The van der Waals surface area contributed by atoms with Crippen LogP contribution in [-0.4, -0.2) is 44.1 Å². The lowest BCUT2D eigenvalue weighted by Gasteiger charge is -2.25. The molecule has 1 N–H and O–H groups in total. The largest absolute Gasteiger partial charge is 0.481 e. The van der Waals surface area contributed by atoms with Crippen molar-refractivity contribution in [3.05, 3.63) is 29.8 Å². The van der Waals surface area contributed by atoms with E-state index in [1.165, 1.54) is 0 Å². The number of carboxylic acid groups (broad SMARTS) is 1. The van der Waals surface area contributed by atoms with Crippen molar-refractivity contribution in [2.24, 2.45) is 0 Å². The zero-order chi connectivity index (χ0) is 15.9.